The Kier molecular flexibility index (Phi) is 7.13. The summed E-state index contributed by atoms with van der Waals surface area (Å²) < 4.78 is 1.06. The minimum Gasteiger partial charge on any atom is -0.391 e. The molecule has 0 aliphatic carbocycles. The van der Waals surface area contributed by atoms with Crippen LogP contribution in [0.1, 0.15) is 16.7 Å². The number of thioether (sulfide) groups is 1. The predicted molar refractivity (Wildman–Crippen MR) is 120 cm³/mol. The molecule has 0 unspecified atom stereocenters. The first-order valence-electron chi connectivity index (χ1n) is 8.76. The molecule has 0 aromatic heterocycles. The molecule has 138 valence electrons. The summed E-state index contributed by atoms with van der Waals surface area (Å²) in [5.41, 5.74) is 6.87. The van der Waals surface area contributed by atoms with Gasteiger partial charge in [-0.1, -0.05) is 81.7 Å². The van der Waals surface area contributed by atoms with Crippen LogP contribution in [0, 0.1) is 6.92 Å². The molecule has 0 atom stereocenters. The molecule has 0 saturated heterocycles. The van der Waals surface area contributed by atoms with E-state index in [2.05, 4.69) is 88.9 Å². The highest BCUT2D eigenvalue weighted by Crippen LogP contribution is 2.26. The van der Waals surface area contributed by atoms with Gasteiger partial charge >= 0.3 is 0 Å². The van der Waals surface area contributed by atoms with E-state index in [9.17, 15) is 0 Å². The average molecular weight is 440 g/mol. The molecule has 0 bridgehead atoms. The van der Waals surface area contributed by atoms with E-state index >= 15 is 0 Å². The second-order valence-electron chi connectivity index (χ2n) is 6.21. The SMILES string of the molecule is CSC/C(=N\OCc1cccc(-c2ccccc2)c1C)c1ccc(Br)cc1. The molecule has 0 aliphatic rings. The number of hydrogen-bond acceptors (Lipinski definition) is 3. The zero-order valence-corrected chi connectivity index (χ0v) is 17.9. The Bertz CT molecular complexity index is 907. The lowest BCUT2D eigenvalue weighted by Crippen LogP contribution is -2.05. The third-order valence-corrected chi connectivity index (χ3v) is 5.47. The molecule has 3 aromatic carbocycles. The molecule has 0 fully saturated rings. The fourth-order valence-corrected chi connectivity index (χ4v) is 3.65. The molecule has 4 heteroatoms. The van der Waals surface area contributed by atoms with Crippen LogP contribution in [0.25, 0.3) is 11.1 Å². The fraction of sp³-hybridized carbons (Fsp3) is 0.174. The van der Waals surface area contributed by atoms with E-state index in [4.69, 9.17) is 4.84 Å². The number of rotatable bonds is 7. The first-order valence-corrected chi connectivity index (χ1v) is 11.0. The van der Waals surface area contributed by atoms with Gasteiger partial charge in [0.1, 0.15) is 6.61 Å². The molecule has 0 N–H and O–H groups in total. The molecule has 3 aromatic rings. The van der Waals surface area contributed by atoms with Crippen molar-refractivity contribution in [2.24, 2.45) is 5.16 Å². The highest BCUT2D eigenvalue weighted by Gasteiger charge is 2.08. The molecule has 27 heavy (non-hydrogen) atoms. The summed E-state index contributed by atoms with van der Waals surface area (Å²) in [6.07, 6.45) is 2.07. The number of halogens is 1. The summed E-state index contributed by atoms with van der Waals surface area (Å²) in [5.74, 6) is 0.810. The molecular weight excluding hydrogens is 418 g/mol. The summed E-state index contributed by atoms with van der Waals surface area (Å²) in [7, 11) is 0. The topological polar surface area (TPSA) is 21.6 Å². The average Bonchev–Trinajstić information content (AvgIpc) is 2.70. The minimum atomic E-state index is 0.459. The molecule has 0 heterocycles. The highest BCUT2D eigenvalue weighted by molar-refractivity contribution is 9.10. The lowest BCUT2D eigenvalue weighted by atomic mass is 9.97. The van der Waals surface area contributed by atoms with Gasteiger partial charge in [0.2, 0.25) is 0 Å². The number of oxime groups is 1. The zero-order chi connectivity index (χ0) is 19.1. The van der Waals surface area contributed by atoms with E-state index in [1.54, 1.807) is 11.8 Å². The first-order chi connectivity index (χ1) is 13.2. The second kappa shape index (κ2) is 9.77. The van der Waals surface area contributed by atoms with Gasteiger partial charge in [-0.05, 0) is 47.6 Å². The third-order valence-electron chi connectivity index (χ3n) is 4.38. The van der Waals surface area contributed by atoms with E-state index in [1.807, 2.05) is 18.2 Å². The maximum atomic E-state index is 5.75. The van der Waals surface area contributed by atoms with Crippen LogP contribution in [0.2, 0.25) is 0 Å². The number of nitrogens with zero attached hydrogens (tertiary/aromatic N) is 1. The lowest BCUT2D eigenvalue weighted by Gasteiger charge is -2.11. The van der Waals surface area contributed by atoms with Crippen LogP contribution in [-0.2, 0) is 11.4 Å². The van der Waals surface area contributed by atoms with Crippen LogP contribution in [0.3, 0.4) is 0 Å². The van der Waals surface area contributed by atoms with Crippen molar-refractivity contribution < 1.29 is 4.84 Å². The Balaban J connectivity index is 1.77. The van der Waals surface area contributed by atoms with Gasteiger partial charge in [0, 0.05) is 15.8 Å². The van der Waals surface area contributed by atoms with Gasteiger partial charge in [0.05, 0.1) is 5.71 Å². The van der Waals surface area contributed by atoms with Gasteiger partial charge in [-0.25, -0.2) is 0 Å². The van der Waals surface area contributed by atoms with Crippen molar-refractivity contribution in [3.63, 3.8) is 0 Å². The molecule has 0 spiro atoms. The van der Waals surface area contributed by atoms with Gasteiger partial charge in [0.15, 0.2) is 0 Å². The van der Waals surface area contributed by atoms with E-state index in [1.165, 1.54) is 16.7 Å². The fourth-order valence-electron chi connectivity index (χ4n) is 2.89. The summed E-state index contributed by atoms with van der Waals surface area (Å²) in [6.45, 7) is 2.60. The van der Waals surface area contributed by atoms with Crippen molar-refractivity contribution >= 4 is 33.4 Å². The van der Waals surface area contributed by atoms with Crippen LogP contribution in [0.5, 0.6) is 0 Å². The van der Waals surface area contributed by atoms with Gasteiger partial charge in [0.25, 0.3) is 0 Å². The van der Waals surface area contributed by atoms with Crippen molar-refractivity contribution in [2.75, 3.05) is 12.0 Å². The first kappa shape index (κ1) is 19.7. The Morgan fingerprint density at radius 3 is 2.41 bits per heavy atom. The third kappa shape index (κ3) is 5.24. The van der Waals surface area contributed by atoms with E-state index in [-0.39, 0.29) is 0 Å². The van der Waals surface area contributed by atoms with Gasteiger partial charge in [-0.3, -0.25) is 0 Å². The maximum Gasteiger partial charge on any atom is 0.142 e. The van der Waals surface area contributed by atoms with Crippen LogP contribution in [0.15, 0.2) is 82.4 Å². The Hall–Kier alpha value is -2.04. The zero-order valence-electron chi connectivity index (χ0n) is 15.5. The van der Waals surface area contributed by atoms with Crippen LogP contribution in [0.4, 0.5) is 0 Å². The Labute approximate surface area is 173 Å². The normalized spacial score (nSPS) is 11.4. The van der Waals surface area contributed by atoms with Crippen molar-refractivity contribution in [3.8, 4) is 11.1 Å². The molecule has 0 saturated carbocycles. The quantitative estimate of drug-likeness (QED) is 0.301. The van der Waals surface area contributed by atoms with Gasteiger partial charge in [-0.2, -0.15) is 11.8 Å². The summed E-state index contributed by atoms with van der Waals surface area (Å²) in [6, 6.07) is 24.9. The van der Waals surface area contributed by atoms with Crippen molar-refractivity contribution in [2.45, 2.75) is 13.5 Å². The van der Waals surface area contributed by atoms with Crippen molar-refractivity contribution in [1.29, 1.82) is 0 Å². The molecule has 3 rings (SSSR count). The van der Waals surface area contributed by atoms with Crippen molar-refractivity contribution in [1.82, 2.24) is 0 Å². The standard InChI is InChI=1S/C23H22BrNOS/c1-17-20(9-6-10-22(17)18-7-4-3-5-8-18)15-26-25-23(16-27-2)19-11-13-21(24)14-12-19/h3-14H,15-16H2,1-2H3/b25-23+. The largest absolute Gasteiger partial charge is 0.391 e. The Morgan fingerprint density at radius 1 is 0.963 bits per heavy atom. The van der Waals surface area contributed by atoms with E-state index in [0.717, 1.165) is 27.1 Å². The van der Waals surface area contributed by atoms with Gasteiger partial charge in [-0.15, -0.1) is 0 Å². The molecule has 2 nitrogen and oxygen atoms in total. The highest BCUT2D eigenvalue weighted by atomic mass is 79.9. The van der Waals surface area contributed by atoms with Crippen LogP contribution < -0.4 is 0 Å². The minimum absolute atomic E-state index is 0.459. The maximum absolute atomic E-state index is 5.75. The molecule has 0 radical (unpaired) electrons. The van der Waals surface area contributed by atoms with E-state index in [0.29, 0.717) is 6.61 Å². The summed E-state index contributed by atoms with van der Waals surface area (Å²) >= 11 is 5.21. The van der Waals surface area contributed by atoms with Crippen molar-refractivity contribution in [3.05, 3.63) is 94.0 Å². The van der Waals surface area contributed by atoms with Crippen LogP contribution in [-0.4, -0.2) is 17.7 Å². The molecular formula is C23H22BrNOS. The predicted octanol–water partition coefficient (Wildman–Crippen LogP) is 6.71. The van der Waals surface area contributed by atoms with Gasteiger partial charge < -0.3 is 4.84 Å². The summed E-state index contributed by atoms with van der Waals surface area (Å²) in [5, 5.41) is 4.43. The second-order valence-corrected chi connectivity index (χ2v) is 7.99. The Morgan fingerprint density at radius 2 is 1.70 bits per heavy atom. The smallest absolute Gasteiger partial charge is 0.142 e. The molecule has 0 aliphatic heterocycles. The lowest BCUT2D eigenvalue weighted by molar-refractivity contribution is 0.130. The monoisotopic (exact) mass is 439 g/mol. The number of benzene rings is 3. The number of hydrogen-bond donors (Lipinski definition) is 0. The van der Waals surface area contributed by atoms with E-state index < -0.39 is 0 Å². The molecule has 0 amide bonds. The van der Waals surface area contributed by atoms with Crippen LogP contribution >= 0.6 is 27.7 Å². The summed E-state index contributed by atoms with van der Waals surface area (Å²) in [4.78, 5) is 5.75.